The van der Waals surface area contributed by atoms with Gasteiger partial charge in [-0.1, -0.05) is 29.5 Å². The maximum atomic E-state index is 13.0. The van der Waals surface area contributed by atoms with E-state index in [1.165, 1.54) is 28.9 Å². The topological polar surface area (TPSA) is 89.8 Å². The summed E-state index contributed by atoms with van der Waals surface area (Å²) in [4.78, 5) is 4.14. The van der Waals surface area contributed by atoms with Gasteiger partial charge in [-0.25, -0.2) is 22.2 Å². The molecule has 1 N–H and O–H groups in total. The molecule has 0 amide bonds. The van der Waals surface area contributed by atoms with Gasteiger partial charge < -0.3 is 0 Å². The Labute approximate surface area is 166 Å². The van der Waals surface area contributed by atoms with Gasteiger partial charge in [0.2, 0.25) is 10.0 Å². The monoisotopic (exact) mass is 409 g/mol. The Morgan fingerprint density at radius 1 is 0.966 bits per heavy atom. The van der Waals surface area contributed by atoms with Crippen LogP contribution in [-0.4, -0.2) is 28.4 Å². The molecule has 2 aromatic heterocycles. The molecular formula is C20H16FN5O2S. The lowest BCUT2D eigenvalue weighted by molar-refractivity contribution is 0.580. The van der Waals surface area contributed by atoms with Gasteiger partial charge in [-0.2, -0.15) is 0 Å². The molecule has 0 atom stereocenters. The van der Waals surface area contributed by atoms with E-state index >= 15 is 0 Å². The van der Waals surface area contributed by atoms with Crippen LogP contribution in [0.4, 0.5) is 4.39 Å². The van der Waals surface area contributed by atoms with Gasteiger partial charge in [-0.3, -0.25) is 4.98 Å². The van der Waals surface area contributed by atoms with Crippen LogP contribution in [0.1, 0.15) is 5.69 Å². The highest BCUT2D eigenvalue weighted by Gasteiger charge is 2.15. The van der Waals surface area contributed by atoms with Gasteiger partial charge >= 0.3 is 0 Å². The number of aromatic nitrogens is 4. The number of rotatable bonds is 6. The standard InChI is InChI=1S/C20H16FN5O2S/c21-17-7-3-15(4-8-17)16-5-9-20(10-6-16)29(27,28)23-12-18-14-26(25-24-18)19-2-1-11-22-13-19/h1-11,13-14,23H,12H2. The fraction of sp³-hybridized carbons (Fsp3) is 0.0500. The Hall–Kier alpha value is -3.43. The second kappa shape index (κ2) is 7.90. The number of nitrogens with one attached hydrogen (secondary N) is 1. The van der Waals surface area contributed by atoms with Gasteiger partial charge in [0.1, 0.15) is 5.82 Å². The van der Waals surface area contributed by atoms with Crippen LogP contribution in [0.2, 0.25) is 0 Å². The first-order valence-corrected chi connectivity index (χ1v) is 10.2. The minimum atomic E-state index is -3.72. The molecule has 0 aliphatic rings. The summed E-state index contributed by atoms with van der Waals surface area (Å²) in [6, 6.07) is 16.0. The minimum Gasteiger partial charge on any atom is -0.262 e. The van der Waals surface area contributed by atoms with Crippen molar-refractivity contribution in [1.29, 1.82) is 0 Å². The van der Waals surface area contributed by atoms with Crippen molar-refractivity contribution in [3.63, 3.8) is 0 Å². The zero-order chi connectivity index (χ0) is 20.3. The third kappa shape index (κ3) is 4.36. The van der Waals surface area contributed by atoms with Gasteiger partial charge in [0.25, 0.3) is 0 Å². The fourth-order valence-corrected chi connectivity index (χ4v) is 3.71. The normalized spacial score (nSPS) is 11.5. The molecule has 2 aromatic carbocycles. The van der Waals surface area contributed by atoms with E-state index in [0.717, 1.165) is 16.8 Å². The van der Waals surface area contributed by atoms with E-state index in [1.54, 1.807) is 48.9 Å². The Balaban J connectivity index is 1.45. The van der Waals surface area contributed by atoms with Crippen molar-refractivity contribution in [2.45, 2.75) is 11.4 Å². The highest BCUT2D eigenvalue weighted by Crippen LogP contribution is 2.21. The molecule has 0 unspecified atom stereocenters. The smallest absolute Gasteiger partial charge is 0.240 e. The lowest BCUT2D eigenvalue weighted by Crippen LogP contribution is -2.23. The van der Waals surface area contributed by atoms with Crippen molar-refractivity contribution in [3.8, 4) is 16.8 Å². The van der Waals surface area contributed by atoms with Crippen LogP contribution in [0.25, 0.3) is 16.8 Å². The SMILES string of the molecule is O=S(=O)(NCc1cn(-c2cccnc2)nn1)c1ccc(-c2ccc(F)cc2)cc1. The fourth-order valence-electron chi connectivity index (χ4n) is 2.72. The van der Waals surface area contributed by atoms with E-state index in [1.807, 2.05) is 6.07 Å². The molecule has 4 aromatic rings. The Morgan fingerprint density at radius 3 is 2.31 bits per heavy atom. The highest BCUT2D eigenvalue weighted by atomic mass is 32.2. The average molecular weight is 409 g/mol. The lowest BCUT2D eigenvalue weighted by Gasteiger charge is -2.07. The molecule has 0 saturated heterocycles. The van der Waals surface area contributed by atoms with Gasteiger partial charge in [-0.05, 0) is 47.5 Å². The van der Waals surface area contributed by atoms with E-state index in [-0.39, 0.29) is 17.3 Å². The van der Waals surface area contributed by atoms with E-state index in [4.69, 9.17) is 0 Å². The van der Waals surface area contributed by atoms with Crippen molar-refractivity contribution < 1.29 is 12.8 Å². The molecule has 2 heterocycles. The Kier molecular flexibility index (Phi) is 5.15. The van der Waals surface area contributed by atoms with Crippen LogP contribution in [0, 0.1) is 5.82 Å². The molecule has 0 aliphatic heterocycles. The van der Waals surface area contributed by atoms with Crippen LogP contribution < -0.4 is 4.72 Å². The summed E-state index contributed by atoms with van der Waals surface area (Å²) in [5, 5.41) is 7.95. The molecule has 4 rings (SSSR count). The zero-order valence-corrected chi connectivity index (χ0v) is 15.9. The summed E-state index contributed by atoms with van der Waals surface area (Å²) >= 11 is 0. The van der Waals surface area contributed by atoms with Gasteiger partial charge in [0, 0.05) is 6.20 Å². The largest absolute Gasteiger partial charge is 0.262 e. The van der Waals surface area contributed by atoms with Crippen LogP contribution in [0.5, 0.6) is 0 Å². The second-order valence-corrected chi connectivity index (χ2v) is 7.99. The summed E-state index contributed by atoms with van der Waals surface area (Å²) < 4.78 is 42.2. The average Bonchev–Trinajstić information content (AvgIpc) is 3.23. The van der Waals surface area contributed by atoms with Crippen LogP contribution >= 0.6 is 0 Å². The number of hydrogen-bond donors (Lipinski definition) is 1. The van der Waals surface area contributed by atoms with Crippen LogP contribution in [0.3, 0.4) is 0 Å². The van der Waals surface area contributed by atoms with Gasteiger partial charge in [-0.15, -0.1) is 5.10 Å². The van der Waals surface area contributed by atoms with E-state index in [2.05, 4.69) is 20.0 Å². The Bertz CT molecular complexity index is 1210. The molecule has 0 fully saturated rings. The maximum Gasteiger partial charge on any atom is 0.240 e. The van der Waals surface area contributed by atoms with E-state index < -0.39 is 10.0 Å². The summed E-state index contributed by atoms with van der Waals surface area (Å²) in [6.07, 6.45) is 4.92. The predicted molar refractivity (Wildman–Crippen MR) is 105 cm³/mol. The first kappa shape index (κ1) is 18.9. The number of nitrogens with zero attached hydrogens (tertiary/aromatic N) is 4. The summed E-state index contributed by atoms with van der Waals surface area (Å²) in [7, 11) is -3.72. The number of sulfonamides is 1. The number of benzene rings is 2. The lowest BCUT2D eigenvalue weighted by atomic mass is 10.1. The molecule has 146 valence electrons. The van der Waals surface area contributed by atoms with Crippen molar-refractivity contribution in [1.82, 2.24) is 24.7 Å². The summed E-state index contributed by atoms with van der Waals surface area (Å²) in [5.41, 5.74) is 2.80. The Morgan fingerprint density at radius 2 is 1.66 bits per heavy atom. The van der Waals surface area contributed by atoms with Gasteiger partial charge in [0.15, 0.2) is 0 Å². The molecular weight excluding hydrogens is 393 g/mol. The first-order valence-electron chi connectivity index (χ1n) is 8.68. The van der Waals surface area contributed by atoms with Crippen LogP contribution in [0.15, 0.2) is 84.1 Å². The van der Waals surface area contributed by atoms with Crippen molar-refractivity contribution in [3.05, 3.63) is 90.8 Å². The second-order valence-electron chi connectivity index (χ2n) is 6.22. The molecule has 0 aliphatic carbocycles. The molecule has 7 nitrogen and oxygen atoms in total. The molecule has 29 heavy (non-hydrogen) atoms. The van der Waals surface area contributed by atoms with E-state index in [0.29, 0.717) is 5.69 Å². The van der Waals surface area contributed by atoms with Crippen molar-refractivity contribution >= 4 is 10.0 Å². The molecule has 0 saturated carbocycles. The summed E-state index contributed by atoms with van der Waals surface area (Å²) in [5.74, 6) is -0.322. The molecule has 0 radical (unpaired) electrons. The summed E-state index contributed by atoms with van der Waals surface area (Å²) in [6.45, 7) is 0.00229. The highest BCUT2D eigenvalue weighted by molar-refractivity contribution is 7.89. The number of halogens is 1. The molecule has 0 spiro atoms. The van der Waals surface area contributed by atoms with E-state index in [9.17, 15) is 12.8 Å². The van der Waals surface area contributed by atoms with Crippen molar-refractivity contribution in [2.75, 3.05) is 0 Å². The van der Waals surface area contributed by atoms with Crippen LogP contribution in [-0.2, 0) is 16.6 Å². The van der Waals surface area contributed by atoms with Crippen molar-refractivity contribution in [2.24, 2.45) is 0 Å². The zero-order valence-electron chi connectivity index (χ0n) is 15.1. The predicted octanol–water partition coefficient (Wildman–Crippen LogP) is 2.95. The molecule has 9 heteroatoms. The third-order valence-corrected chi connectivity index (χ3v) is 5.65. The molecule has 0 bridgehead atoms. The number of hydrogen-bond acceptors (Lipinski definition) is 5. The number of pyridine rings is 1. The quantitative estimate of drug-likeness (QED) is 0.529. The first-order chi connectivity index (χ1) is 14.0. The van der Waals surface area contributed by atoms with Gasteiger partial charge in [0.05, 0.1) is 35.2 Å². The maximum absolute atomic E-state index is 13.0. The third-order valence-electron chi connectivity index (χ3n) is 4.24. The minimum absolute atomic E-state index is 0.00229.